The van der Waals surface area contributed by atoms with Gasteiger partial charge in [-0.15, -0.1) is 0 Å². The summed E-state index contributed by atoms with van der Waals surface area (Å²) >= 11 is 0. The van der Waals surface area contributed by atoms with Crippen molar-refractivity contribution in [3.63, 3.8) is 0 Å². The predicted octanol–water partition coefficient (Wildman–Crippen LogP) is 2.11. The fourth-order valence-corrected chi connectivity index (χ4v) is 2.77. The summed E-state index contributed by atoms with van der Waals surface area (Å²) in [6.07, 6.45) is 7.16. The Morgan fingerprint density at radius 3 is 2.67 bits per heavy atom. The zero-order valence-corrected chi connectivity index (χ0v) is 10.2. The van der Waals surface area contributed by atoms with E-state index in [0.717, 1.165) is 11.8 Å². The zero-order chi connectivity index (χ0) is 10.5. The Balaban J connectivity index is 1.64. The van der Waals surface area contributed by atoms with Crippen molar-refractivity contribution in [3.05, 3.63) is 0 Å². The van der Waals surface area contributed by atoms with Crippen molar-refractivity contribution in [1.82, 2.24) is 10.2 Å². The van der Waals surface area contributed by atoms with E-state index in [1.165, 1.54) is 64.8 Å². The summed E-state index contributed by atoms with van der Waals surface area (Å²) in [5.74, 6) is 2.00. The molecule has 2 fully saturated rings. The van der Waals surface area contributed by atoms with Crippen molar-refractivity contribution < 1.29 is 0 Å². The minimum atomic E-state index is 0.982. The highest BCUT2D eigenvalue weighted by Crippen LogP contribution is 2.21. The Bertz CT molecular complexity index is 177. The van der Waals surface area contributed by atoms with E-state index in [9.17, 15) is 0 Å². The molecule has 1 atom stereocenters. The predicted molar refractivity (Wildman–Crippen MR) is 65.0 cm³/mol. The van der Waals surface area contributed by atoms with Crippen LogP contribution in [-0.4, -0.2) is 37.6 Å². The van der Waals surface area contributed by atoms with Crippen LogP contribution in [0.1, 0.15) is 39.0 Å². The Kier molecular flexibility index (Phi) is 4.45. The van der Waals surface area contributed by atoms with Gasteiger partial charge in [0.25, 0.3) is 0 Å². The van der Waals surface area contributed by atoms with E-state index in [1.807, 2.05) is 0 Å². The molecular formula is C13H26N2. The van der Waals surface area contributed by atoms with Crippen molar-refractivity contribution >= 4 is 0 Å². The Morgan fingerprint density at radius 2 is 2.00 bits per heavy atom. The highest BCUT2D eigenvalue weighted by Gasteiger charge is 2.19. The molecule has 2 heterocycles. The summed E-state index contributed by atoms with van der Waals surface area (Å²) in [7, 11) is 0. The number of nitrogens with one attached hydrogen (secondary N) is 1. The Morgan fingerprint density at radius 1 is 1.13 bits per heavy atom. The maximum atomic E-state index is 3.36. The van der Waals surface area contributed by atoms with Gasteiger partial charge in [-0.1, -0.05) is 13.3 Å². The van der Waals surface area contributed by atoms with Crippen LogP contribution in [-0.2, 0) is 0 Å². The molecule has 2 rings (SSSR count). The number of nitrogens with zero attached hydrogens (tertiary/aromatic N) is 1. The molecule has 15 heavy (non-hydrogen) atoms. The van der Waals surface area contributed by atoms with Crippen LogP contribution in [0.4, 0.5) is 0 Å². The number of hydrogen-bond acceptors (Lipinski definition) is 2. The normalized spacial score (nSPS) is 29.8. The molecule has 2 saturated heterocycles. The van der Waals surface area contributed by atoms with Crippen molar-refractivity contribution in [2.75, 3.05) is 32.7 Å². The van der Waals surface area contributed by atoms with Gasteiger partial charge in [0.2, 0.25) is 0 Å². The minimum absolute atomic E-state index is 0.982. The molecule has 2 nitrogen and oxygen atoms in total. The van der Waals surface area contributed by atoms with Crippen LogP contribution in [0.2, 0.25) is 0 Å². The van der Waals surface area contributed by atoms with E-state index >= 15 is 0 Å². The molecule has 2 aliphatic heterocycles. The number of likely N-dealkylation sites (tertiary alicyclic amines) is 1. The summed E-state index contributed by atoms with van der Waals surface area (Å²) in [4.78, 5) is 2.70. The van der Waals surface area contributed by atoms with E-state index in [0.29, 0.717) is 0 Å². The molecule has 0 aromatic heterocycles. The van der Waals surface area contributed by atoms with Gasteiger partial charge in [0.05, 0.1) is 0 Å². The molecule has 0 saturated carbocycles. The molecular weight excluding hydrogens is 184 g/mol. The topological polar surface area (TPSA) is 15.3 Å². The molecule has 0 aliphatic carbocycles. The second-order valence-corrected chi connectivity index (χ2v) is 5.36. The van der Waals surface area contributed by atoms with Crippen LogP contribution >= 0.6 is 0 Å². The van der Waals surface area contributed by atoms with Gasteiger partial charge in [0.1, 0.15) is 0 Å². The number of hydrogen-bond donors (Lipinski definition) is 1. The van der Waals surface area contributed by atoms with Gasteiger partial charge in [-0.05, 0) is 70.2 Å². The third-order valence-corrected chi connectivity index (χ3v) is 4.24. The van der Waals surface area contributed by atoms with E-state index in [1.54, 1.807) is 0 Å². The van der Waals surface area contributed by atoms with Crippen molar-refractivity contribution in [2.45, 2.75) is 39.0 Å². The second-order valence-electron chi connectivity index (χ2n) is 5.36. The van der Waals surface area contributed by atoms with E-state index in [2.05, 4.69) is 17.1 Å². The first kappa shape index (κ1) is 11.4. The third kappa shape index (κ3) is 3.46. The van der Waals surface area contributed by atoms with Crippen LogP contribution in [0.25, 0.3) is 0 Å². The fourth-order valence-electron chi connectivity index (χ4n) is 2.77. The molecule has 0 aromatic carbocycles. The van der Waals surface area contributed by atoms with Crippen LogP contribution in [0.3, 0.4) is 0 Å². The molecule has 0 amide bonds. The highest BCUT2D eigenvalue weighted by atomic mass is 15.1. The maximum Gasteiger partial charge on any atom is -0.000778 e. The zero-order valence-electron chi connectivity index (χ0n) is 10.2. The van der Waals surface area contributed by atoms with Gasteiger partial charge < -0.3 is 10.2 Å². The quantitative estimate of drug-likeness (QED) is 0.764. The summed E-state index contributed by atoms with van der Waals surface area (Å²) in [6.45, 7) is 8.95. The highest BCUT2D eigenvalue weighted by molar-refractivity contribution is 4.77. The van der Waals surface area contributed by atoms with Gasteiger partial charge in [-0.25, -0.2) is 0 Å². The lowest BCUT2D eigenvalue weighted by Gasteiger charge is -2.29. The Hall–Kier alpha value is -0.0800. The average Bonchev–Trinajstić information content (AvgIpc) is 2.40. The molecule has 0 aromatic rings. The smallest absolute Gasteiger partial charge is 0.000778 e. The molecule has 2 aliphatic rings. The molecule has 0 radical (unpaired) electrons. The first-order valence-electron chi connectivity index (χ1n) is 6.81. The second kappa shape index (κ2) is 5.86. The van der Waals surface area contributed by atoms with E-state index < -0.39 is 0 Å². The first-order chi connectivity index (χ1) is 7.38. The average molecular weight is 210 g/mol. The van der Waals surface area contributed by atoms with E-state index in [4.69, 9.17) is 0 Å². The maximum absolute atomic E-state index is 3.36. The van der Waals surface area contributed by atoms with Gasteiger partial charge >= 0.3 is 0 Å². The summed E-state index contributed by atoms with van der Waals surface area (Å²) in [6, 6.07) is 0. The summed E-state index contributed by atoms with van der Waals surface area (Å²) in [5, 5.41) is 3.36. The monoisotopic (exact) mass is 210 g/mol. The van der Waals surface area contributed by atoms with E-state index in [-0.39, 0.29) is 0 Å². The van der Waals surface area contributed by atoms with Crippen LogP contribution in [0, 0.1) is 11.8 Å². The minimum Gasteiger partial charge on any atom is -0.316 e. The van der Waals surface area contributed by atoms with Crippen LogP contribution in [0.15, 0.2) is 0 Å². The lowest BCUT2D eigenvalue weighted by Crippen LogP contribution is -2.43. The molecule has 2 heteroatoms. The van der Waals surface area contributed by atoms with Gasteiger partial charge in [-0.2, -0.15) is 0 Å². The standard InChI is InChI=1S/C13H26N2/c1-2-12-4-3-7-15(8-5-12)9-6-13-10-14-11-13/h12-14H,2-11H2,1H3. The van der Waals surface area contributed by atoms with Gasteiger partial charge in [0.15, 0.2) is 0 Å². The third-order valence-electron chi connectivity index (χ3n) is 4.24. The molecule has 1 N–H and O–H groups in total. The molecule has 88 valence electrons. The van der Waals surface area contributed by atoms with Gasteiger partial charge in [-0.3, -0.25) is 0 Å². The van der Waals surface area contributed by atoms with Crippen LogP contribution < -0.4 is 5.32 Å². The Labute approximate surface area is 94.4 Å². The van der Waals surface area contributed by atoms with Gasteiger partial charge in [0, 0.05) is 0 Å². The number of rotatable bonds is 4. The first-order valence-corrected chi connectivity index (χ1v) is 6.81. The SMILES string of the molecule is CCC1CCCN(CCC2CNC2)CC1. The lowest BCUT2D eigenvalue weighted by molar-refractivity contribution is 0.229. The van der Waals surface area contributed by atoms with Crippen LogP contribution in [0.5, 0.6) is 0 Å². The van der Waals surface area contributed by atoms with Crippen molar-refractivity contribution in [1.29, 1.82) is 0 Å². The summed E-state index contributed by atoms with van der Waals surface area (Å²) in [5.41, 5.74) is 0. The largest absolute Gasteiger partial charge is 0.316 e. The molecule has 1 unspecified atom stereocenters. The van der Waals surface area contributed by atoms with Crippen molar-refractivity contribution in [2.24, 2.45) is 11.8 Å². The lowest BCUT2D eigenvalue weighted by atomic mass is 9.98. The van der Waals surface area contributed by atoms with Crippen molar-refractivity contribution in [3.8, 4) is 0 Å². The fraction of sp³-hybridized carbons (Fsp3) is 1.00. The summed E-state index contributed by atoms with van der Waals surface area (Å²) < 4.78 is 0. The molecule has 0 bridgehead atoms. The molecule has 0 spiro atoms.